The van der Waals surface area contributed by atoms with Gasteiger partial charge in [0.1, 0.15) is 11.1 Å². The zero-order valence-corrected chi connectivity index (χ0v) is 21.7. The summed E-state index contributed by atoms with van der Waals surface area (Å²) >= 11 is 2.82. The summed E-state index contributed by atoms with van der Waals surface area (Å²) in [4.78, 5) is 9.70. The van der Waals surface area contributed by atoms with E-state index in [-0.39, 0.29) is 6.61 Å². The molecule has 2 aromatic heterocycles. The highest BCUT2D eigenvalue weighted by Crippen LogP contribution is 2.36. The molecular weight excluding hydrogens is 527 g/mol. The van der Waals surface area contributed by atoms with E-state index in [0.29, 0.717) is 21.8 Å². The lowest BCUT2D eigenvalue weighted by Gasteiger charge is -2.18. The molecule has 4 nitrogen and oxygen atoms in total. The topological polar surface area (TPSA) is 58.8 Å². The molecule has 0 bridgehead atoms. The number of rotatable bonds is 7. The molecule has 5 aromatic rings. The minimum atomic E-state index is -4.38. The van der Waals surface area contributed by atoms with E-state index in [1.54, 1.807) is 17.8 Å². The minimum Gasteiger partial charge on any atom is -0.362 e. The SMILES string of the molecule is Cc1ccccc1-c1cc(C(OCc2csc(-c3ccc(C(F)(F)F)cc3)n2)c2cncs2)ccc1C#N. The third-order valence-corrected chi connectivity index (χ3v) is 7.78. The van der Waals surface area contributed by atoms with Crippen LogP contribution in [0.15, 0.2) is 83.8 Å². The van der Waals surface area contributed by atoms with Gasteiger partial charge in [0.05, 0.1) is 39.9 Å². The van der Waals surface area contributed by atoms with Crippen LogP contribution in [0.3, 0.4) is 0 Å². The van der Waals surface area contributed by atoms with Gasteiger partial charge in [-0.15, -0.1) is 22.7 Å². The monoisotopic (exact) mass is 547 g/mol. The number of hydrogen-bond acceptors (Lipinski definition) is 6. The molecule has 9 heteroatoms. The van der Waals surface area contributed by atoms with Crippen molar-refractivity contribution >= 4 is 22.7 Å². The highest BCUT2D eigenvalue weighted by Gasteiger charge is 2.30. The summed E-state index contributed by atoms with van der Waals surface area (Å²) in [6, 6.07) is 20.9. The first kappa shape index (κ1) is 25.8. The number of thiazole rings is 2. The first-order valence-corrected chi connectivity index (χ1v) is 13.3. The average Bonchev–Trinajstić information content (AvgIpc) is 3.62. The Bertz CT molecular complexity index is 1590. The van der Waals surface area contributed by atoms with Crippen LogP contribution in [0.25, 0.3) is 21.7 Å². The van der Waals surface area contributed by atoms with Gasteiger partial charge in [-0.3, -0.25) is 4.98 Å². The molecule has 0 spiro atoms. The molecule has 0 aliphatic rings. The van der Waals surface area contributed by atoms with Crippen LogP contribution in [0.2, 0.25) is 0 Å². The van der Waals surface area contributed by atoms with Crippen LogP contribution in [0.4, 0.5) is 13.2 Å². The third kappa shape index (κ3) is 5.53. The smallest absolute Gasteiger partial charge is 0.362 e. The van der Waals surface area contributed by atoms with Gasteiger partial charge < -0.3 is 4.74 Å². The average molecular weight is 548 g/mol. The van der Waals surface area contributed by atoms with Crippen LogP contribution in [0.1, 0.15) is 38.9 Å². The standard InChI is InChI=1S/C29H20F3N3OS2/c1-18-4-2-3-5-24(18)25-12-20(6-7-21(25)13-33)27(26-14-34-17-38-26)36-15-23-16-37-28(35-23)19-8-10-22(11-9-19)29(30,31)32/h2-12,14,16-17,27H,15H2,1H3. The summed E-state index contributed by atoms with van der Waals surface area (Å²) in [6.45, 7) is 2.20. The molecule has 3 aromatic carbocycles. The zero-order chi connectivity index (χ0) is 26.7. The Morgan fingerprint density at radius 3 is 2.47 bits per heavy atom. The number of hydrogen-bond donors (Lipinski definition) is 0. The maximum absolute atomic E-state index is 12.9. The first-order valence-electron chi connectivity index (χ1n) is 11.6. The van der Waals surface area contributed by atoms with Crippen molar-refractivity contribution in [2.45, 2.75) is 25.8 Å². The van der Waals surface area contributed by atoms with Crippen molar-refractivity contribution in [1.29, 1.82) is 5.26 Å². The molecular formula is C29H20F3N3OS2. The van der Waals surface area contributed by atoms with E-state index in [0.717, 1.165) is 39.3 Å². The second kappa shape index (κ2) is 10.9. The molecule has 0 fully saturated rings. The van der Waals surface area contributed by atoms with E-state index in [9.17, 15) is 18.4 Å². The second-order valence-electron chi connectivity index (χ2n) is 8.55. The number of nitriles is 1. The van der Waals surface area contributed by atoms with Crippen molar-refractivity contribution in [3.05, 3.63) is 117 Å². The number of aromatic nitrogens is 2. The Labute approximate surface area is 225 Å². The van der Waals surface area contributed by atoms with Gasteiger partial charge in [0.25, 0.3) is 0 Å². The number of ether oxygens (including phenoxy) is 1. The maximum atomic E-state index is 12.9. The lowest BCUT2D eigenvalue weighted by atomic mass is 9.93. The molecule has 1 atom stereocenters. The van der Waals surface area contributed by atoms with Crippen LogP contribution in [-0.4, -0.2) is 9.97 Å². The molecule has 0 N–H and O–H groups in total. The fourth-order valence-electron chi connectivity index (χ4n) is 4.09. The largest absolute Gasteiger partial charge is 0.416 e. The van der Waals surface area contributed by atoms with E-state index in [4.69, 9.17) is 4.74 Å². The lowest BCUT2D eigenvalue weighted by Crippen LogP contribution is -2.06. The highest BCUT2D eigenvalue weighted by molar-refractivity contribution is 7.13. The van der Waals surface area contributed by atoms with E-state index in [1.807, 2.05) is 48.7 Å². The van der Waals surface area contributed by atoms with Crippen molar-refractivity contribution in [1.82, 2.24) is 9.97 Å². The second-order valence-corrected chi connectivity index (χ2v) is 10.3. The minimum absolute atomic E-state index is 0.194. The molecule has 0 aliphatic carbocycles. The van der Waals surface area contributed by atoms with Gasteiger partial charge in [0.2, 0.25) is 0 Å². The van der Waals surface area contributed by atoms with Crippen LogP contribution >= 0.6 is 22.7 Å². The Hall–Kier alpha value is -3.84. The molecule has 5 rings (SSSR count). The van der Waals surface area contributed by atoms with Crippen molar-refractivity contribution in [2.75, 3.05) is 0 Å². The van der Waals surface area contributed by atoms with Gasteiger partial charge in [-0.25, -0.2) is 4.98 Å². The van der Waals surface area contributed by atoms with E-state index in [1.165, 1.54) is 34.8 Å². The Kier molecular flexibility index (Phi) is 7.38. The lowest BCUT2D eigenvalue weighted by molar-refractivity contribution is -0.137. The van der Waals surface area contributed by atoms with Crippen molar-refractivity contribution in [3.8, 4) is 27.8 Å². The van der Waals surface area contributed by atoms with Crippen molar-refractivity contribution in [2.24, 2.45) is 0 Å². The summed E-state index contributed by atoms with van der Waals surface area (Å²) in [5.41, 5.74) is 6.67. The van der Waals surface area contributed by atoms with Crippen LogP contribution in [0, 0.1) is 18.3 Å². The van der Waals surface area contributed by atoms with Gasteiger partial charge in [-0.05, 0) is 47.9 Å². The van der Waals surface area contributed by atoms with Crippen LogP contribution in [0.5, 0.6) is 0 Å². The van der Waals surface area contributed by atoms with Gasteiger partial charge >= 0.3 is 6.18 Å². The van der Waals surface area contributed by atoms with Gasteiger partial charge in [0, 0.05) is 22.7 Å². The fraction of sp³-hybridized carbons (Fsp3) is 0.138. The van der Waals surface area contributed by atoms with E-state index >= 15 is 0 Å². The van der Waals surface area contributed by atoms with Crippen molar-refractivity contribution in [3.63, 3.8) is 0 Å². The number of nitrogens with zero attached hydrogens (tertiary/aromatic N) is 3. The molecule has 38 heavy (non-hydrogen) atoms. The number of benzene rings is 3. The molecule has 1 unspecified atom stereocenters. The maximum Gasteiger partial charge on any atom is 0.416 e. The predicted molar refractivity (Wildman–Crippen MR) is 143 cm³/mol. The fourth-order valence-corrected chi connectivity index (χ4v) is 5.60. The molecule has 0 aliphatic heterocycles. The summed E-state index contributed by atoms with van der Waals surface area (Å²) in [5.74, 6) is 0. The summed E-state index contributed by atoms with van der Waals surface area (Å²) < 4.78 is 45.0. The zero-order valence-electron chi connectivity index (χ0n) is 20.1. The molecule has 190 valence electrons. The van der Waals surface area contributed by atoms with Gasteiger partial charge in [0.15, 0.2) is 0 Å². The van der Waals surface area contributed by atoms with Crippen LogP contribution in [-0.2, 0) is 17.5 Å². The molecule has 0 saturated heterocycles. The van der Waals surface area contributed by atoms with E-state index < -0.39 is 17.8 Å². The summed E-state index contributed by atoms with van der Waals surface area (Å²) in [5, 5.41) is 12.2. The predicted octanol–water partition coefficient (Wildman–Crippen LogP) is 8.44. The Balaban J connectivity index is 1.41. The number of alkyl halides is 3. The normalized spacial score (nSPS) is 12.3. The van der Waals surface area contributed by atoms with Gasteiger partial charge in [-0.1, -0.05) is 42.5 Å². The summed E-state index contributed by atoms with van der Waals surface area (Å²) in [6.07, 6.45) is -3.05. The highest BCUT2D eigenvalue weighted by atomic mass is 32.1. The third-order valence-electron chi connectivity index (χ3n) is 6.02. The molecule has 0 radical (unpaired) electrons. The Morgan fingerprint density at radius 2 is 1.79 bits per heavy atom. The van der Waals surface area contributed by atoms with E-state index in [2.05, 4.69) is 16.0 Å². The molecule has 0 saturated carbocycles. The molecule has 0 amide bonds. The van der Waals surface area contributed by atoms with Crippen molar-refractivity contribution < 1.29 is 17.9 Å². The number of aryl methyl sites for hydroxylation is 1. The number of halogens is 3. The van der Waals surface area contributed by atoms with Gasteiger partial charge in [-0.2, -0.15) is 18.4 Å². The Morgan fingerprint density at radius 1 is 1.00 bits per heavy atom. The van der Waals surface area contributed by atoms with Crippen LogP contribution < -0.4 is 0 Å². The first-order chi connectivity index (χ1) is 18.3. The quantitative estimate of drug-likeness (QED) is 0.205. The summed E-state index contributed by atoms with van der Waals surface area (Å²) in [7, 11) is 0. The molecule has 2 heterocycles.